The van der Waals surface area contributed by atoms with Gasteiger partial charge in [0.25, 0.3) is 0 Å². The number of phosphoric acid groups is 2. The number of fused-ring (bicyclic) bond motifs is 1. The number of anilines is 1. The molecule has 0 saturated heterocycles. The second kappa shape index (κ2) is 8.15. The summed E-state index contributed by atoms with van der Waals surface area (Å²) >= 11 is 0. The van der Waals surface area contributed by atoms with Crippen LogP contribution in [0.4, 0.5) is 10.2 Å². The van der Waals surface area contributed by atoms with E-state index in [1.54, 1.807) is 0 Å². The van der Waals surface area contributed by atoms with Gasteiger partial charge in [-0.2, -0.15) is 4.31 Å². The number of halogens is 1. The van der Waals surface area contributed by atoms with Gasteiger partial charge in [0.15, 0.2) is 36.2 Å². The molecule has 4 atom stereocenters. The summed E-state index contributed by atoms with van der Waals surface area (Å²) in [4.78, 5) is 47.2. The molecule has 2 aromatic heterocycles. The summed E-state index contributed by atoms with van der Waals surface area (Å²) in [5.41, 5.74) is 5.94. The number of nitrogens with zero attached hydrogens (tertiary/aromatic N) is 4. The molecule has 6 N–H and O–H groups in total. The van der Waals surface area contributed by atoms with Crippen LogP contribution >= 0.6 is 23.2 Å². The highest BCUT2D eigenvalue weighted by Crippen LogP contribution is 2.66. The Morgan fingerprint density at radius 3 is 2.53 bits per heavy atom. The molecule has 0 aliphatic carbocycles. The second-order valence-corrected chi connectivity index (χ2v) is 10.3. The van der Waals surface area contributed by atoms with Crippen molar-refractivity contribution in [2.24, 2.45) is 0 Å². The fourth-order valence-electron chi connectivity index (χ4n) is 2.27. The van der Waals surface area contributed by atoms with Crippen LogP contribution in [0.1, 0.15) is 6.23 Å². The first kappa shape index (κ1) is 23.1. The van der Waals surface area contributed by atoms with Gasteiger partial charge in [0.2, 0.25) is 0 Å². The molecule has 0 radical (unpaired) electrons. The molecule has 166 valence electrons. The molecule has 1 aliphatic rings. The molecule has 30 heavy (non-hydrogen) atoms. The van der Waals surface area contributed by atoms with E-state index >= 15 is 0 Å². The number of hydrogen-bond acceptors (Lipinski definition) is 11. The Hall–Kier alpha value is -1.61. The van der Waals surface area contributed by atoms with Crippen molar-refractivity contribution in [3.63, 3.8) is 0 Å². The largest absolute Gasteiger partial charge is 0.488 e. The lowest BCUT2D eigenvalue weighted by Gasteiger charge is -2.19. The van der Waals surface area contributed by atoms with E-state index < -0.39 is 47.9 Å². The number of nitrogens with two attached hydrogens (primary N) is 1. The minimum atomic E-state index is -5.62. The molecule has 3 rings (SSSR count). The molecule has 0 bridgehead atoms. The summed E-state index contributed by atoms with van der Waals surface area (Å²) < 4.78 is 66.4. The smallest absolute Gasteiger partial charge is 0.382 e. The van der Waals surface area contributed by atoms with Crippen LogP contribution < -0.4 is 5.73 Å². The van der Waals surface area contributed by atoms with E-state index in [0.717, 1.165) is 23.3 Å². The summed E-state index contributed by atoms with van der Waals surface area (Å²) in [5.74, 6) is -0.846. The Labute approximate surface area is 165 Å². The van der Waals surface area contributed by atoms with E-state index in [1.807, 2.05) is 0 Å². The molecule has 2 unspecified atom stereocenters. The third-order valence-electron chi connectivity index (χ3n) is 3.28. The number of rotatable bonds is 8. The first-order valence-electron chi connectivity index (χ1n) is 7.46. The van der Waals surface area contributed by atoms with Gasteiger partial charge in [-0.15, -0.1) is 0 Å². The molecule has 0 saturated carbocycles. The Bertz CT molecular complexity index is 1130. The number of aromatic nitrogens is 4. The van der Waals surface area contributed by atoms with E-state index in [1.165, 1.54) is 0 Å². The Balaban J connectivity index is 1.65. The van der Waals surface area contributed by atoms with Gasteiger partial charge in [0.05, 0.1) is 6.33 Å². The average Bonchev–Trinajstić information content (AvgIpc) is 3.13. The Morgan fingerprint density at radius 1 is 1.17 bits per heavy atom. The molecule has 0 amide bonds. The molecule has 16 nitrogen and oxygen atoms in total. The highest BCUT2D eigenvalue weighted by Gasteiger charge is 2.41. The summed E-state index contributed by atoms with van der Waals surface area (Å²) in [5, 5.41) is 0. The molecular formula is C10H13FN5O11P3. The SMILES string of the molecule is Nc1ncnc2c1ncn2[C@@H]1O[C@H](OCP(=O)(O)OP(=O)(O)OP(=O)(O)O)C=C1F. The summed E-state index contributed by atoms with van der Waals surface area (Å²) in [6.07, 6.45) is -1.22. The molecule has 3 heterocycles. The lowest BCUT2D eigenvalue weighted by molar-refractivity contribution is -0.130. The van der Waals surface area contributed by atoms with Gasteiger partial charge >= 0.3 is 23.2 Å². The van der Waals surface area contributed by atoms with Crippen LogP contribution in [0.5, 0.6) is 0 Å². The van der Waals surface area contributed by atoms with Gasteiger partial charge in [0.1, 0.15) is 11.8 Å². The van der Waals surface area contributed by atoms with Crippen molar-refractivity contribution in [3.05, 3.63) is 24.6 Å². The number of nitrogen functional groups attached to an aromatic ring is 1. The van der Waals surface area contributed by atoms with Gasteiger partial charge in [-0.25, -0.2) is 32.8 Å². The highest BCUT2D eigenvalue weighted by atomic mass is 31.3. The first-order chi connectivity index (χ1) is 13.8. The average molecular weight is 491 g/mol. The van der Waals surface area contributed by atoms with E-state index in [0.29, 0.717) is 0 Å². The zero-order valence-corrected chi connectivity index (χ0v) is 17.0. The van der Waals surface area contributed by atoms with Crippen molar-refractivity contribution in [3.8, 4) is 0 Å². The fraction of sp³-hybridized carbons (Fsp3) is 0.300. The minimum Gasteiger partial charge on any atom is -0.382 e. The van der Waals surface area contributed by atoms with E-state index in [2.05, 4.69) is 23.6 Å². The third-order valence-corrected chi connectivity index (χ3v) is 7.27. The van der Waals surface area contributed by atoms with Crippen LogP contribution in [0.15, 0.2) is 24.6 Å². The van der Waals surface area contributed by atoms with Crippen LogP contribution in [0.25, 0.3) is 11.2 Å². The van der Waals surface area contributed by atoms with E-state index in [-0.39, 0.29) is 17.0 Å². The predicted molar refractivity (Wildman–Crippen MR) is 92.7 cm³/mol. The highest BCUT2D eigenvalue weighted by molar-refractivity contribution is 7.68. The van der Waals surface area contributed by atoms with Crippen LogP contribution in [0.3, 0.4) is 0 Å². The topological polar surface area (TPSA) is 239 Å². The van der Waals surface area contributed by atoms with Crippen LogP contribution in [0.2, 0.25) is 0 Å². The third kappa shape index (κ3) is 5.55. The Morgan fingerprint density at radius 2 is 1.87 bits per heavy atom. The molecule has 20 heteroatoms. The number of imidazole rings is 1. The lowest BCUT2D eigenvalue weighted by Crippen LogP contribution is -2.17. The molecular weight excluding hydrogens is 478 g/mol. The first-order valence-corrected chi connectivity index (χ1v) is 12.3. The molecule has 0 aromatic carbocycles. The van der Waals surface area contributed by atoms with E-state index in [9.17, 15) is 23.0 Å². The lowest BCUT2D eigenvalue weighted by atomic mass is 10.4. The van der Waals surface area contributed by atoms with Crippen molar-refractivity contribution in [2.75, 3.05) is 12.1 Å². The second-order valence-electron chi connectivity index (χ2n) is 5.55. The van der Waals surface area contributed by atoms with Gasteiger partial charge in [-0.05, 0) is 0 Å². The maximum Gasteiger partial charge on any atom is 0.488 e. The van der Waals surface area contributed by atoms with Crippen molar-refractivity contribution in [2.45, 2.75) is 12.5 Å². The predicted octanol–water partition coefficient (Wildman–Crippen LogP) is 0.503. The Kier molecular flexibility index (Phi) is 6.26. The molecule has 0 spiro atoms. The zero-order valence-electron chi connectivity index (χ0n) is 14.3. The minimum absolute atomic E-state index is 0.0401. The summed E-state index contributed by atoms with van der Waals surface area (Å²) in [6, 6.07) is 0. The van der Waals surface area contributed by atoms with Gasteiger partial charge in [-0.3, -0.25) is 9.13 Å². The van der Waals surface area contributed by atoms with Crippen LogP contribution in [-0.2, 0) is 31.8 Å². The van der Waals surface area contributed by atoms with Crippen LogP contribution in [-0.4, -0.2) is 51.7 Å². The standard InChI is InChI=1S/C10H13FN5O11P3/c11-5-1-6(24-4-28(17,18)26-30(22,23)27-29(19,20)21)25-10(5)16-3-15-7-8(12)13-2-14-9(7)16/h1-3,6,10H,4H2,(H,17,18)(H,22,23)(H2,12,13,14)(H2,19,20,21)/t6-,10+/m0/s1. The van der Waals surface area contributed by atoms with Crippen molar-refractivity contribution in [1.29, 1.82) is 0 Å². The fourth-order valence-corrected chi connectivity index (χ4v) is 5.55. The number of hydrogen-bond donors (Lipinski definition) is 5. The van der Waals surface area contributed by atoms with Crippen molar-refractivity contribution in [1.82, 2.24) is 19.5 Å². The monoisotopic (exact) mass is 491 g/mol. The van der Waals surface area contributed by atoms with Crippen molar-refractivity contribution < 1.29 is 55.8 Å². The van der Waals surface area contributed by atoms with Crippen LogP contribution in [0, 0.1) is 0 Å². The maximum atomic E-state index is 14.3. The van der Waals surface area contributed by atoms with Crippen molar-refractivity contribution >= 4 is 40.2 Å². The van der Waals surface area contributed by atoms with Gasteiger partial charge in [0, 0.05) is 6.08 Å². The summed E-state index contributed by atoms with van der Waals surface area (Å²) in [7, 11) is -16.2. The van der Waals surface area contributed by atoms with Gasteiger partial charge in [-0.1, -0.05) is 0 Å². The normalized spacial score (nSPS) is 23.8. The summed E-state index contributed by atoms with van der Waals surface area (Å²) in [6.45, 7) is 0. The van der Waals surface area contributed by atoms with Gasteiger partial charge < -0.3 is 34.8 Å². The maximum absolute atomic E-state index is 14.3. The molecule has 0 fully saturated rings. The molecule has 2 aromatic rings. The molecule has 1 aliphatic heterocycles. The quantitative estimate of drug-likeness (QED) is 0.316. The zero-order chi connectivity index (χ0) is 22.3. The number of ether oxygens (including phenoxy) is 2. The van der Waals surface area contributed by atoms with E-state index in [4.69, 9.17) is 29.9 Å².